The number of aromatic nitrogens is 1. The Kier molecular flexibility index (Phi) is 2.96. The highest BCUT2D eigenvalue weighted by atomic mass is 32.1. The molecule has 0 aromatic carbocycles. The minimum atomic E-state index is 0.429. The van der Waals surface area contributed by atoms with E-state index >= 15 is 0 Å². The Hall–Kier alpha value is -0.410. The summed E-state index contributed by atoms with van der Waals surface area (Å²) in [5, 5.41) is 6.74. The van der Waals surface area contributed by atoms with Gasteiger partial charge in [-0.15, -0.1) is 11.3 Å². The normalized spacial score (nSPS) is 18.8. The number of thiazole rings is 1. The molecule has 1 aromatic heterocycles. The van der Waals surface area contributed by atoms with Crippen molar-refractivity contribution in [2.45, 2.75) is 32.2 Å². The summed E-state index contributed by atoms with van der Waals surface area (Å²) in [6.45, 7) is 3.33. The molecule has 1 aromatic rings. The van der Waals surface area contributed by atoms with Crippen molar-refractivity contribution in [2.75, 3.05) is 6.54 Å². The van der Waals surface area contributed by atoms with E-state index in [0.717, 1.165) is 12.5 Å². The Morgan fingerprint density at radius 3 is 3.15 bits per heavy atom. The van der Waals surface area contributed by atoms with E-state index < -0.39 is 0 Å². The van der Waals surface area contributed by atoms with Gasteiger partial charge in [-0.1, -0.05) is 12.8 Å². The highest BCUT2D eigenvalue weighted by Gasteiger charge is 2.20. The van der Waals surface area contributed by atoms with Crippen LogP contribution in [0.5, 0.6) is 0 Å². The molecule has 0 bridgehead atoms. The van der Waals surface area contributed by atoms with Crippen LogP contribution in [-0.2, 0) is 0 Å². The second-order valence-electron chi connectivity index (χ2n) is 3.78. The summed E-state index contributed by atoms with van der Waals surface area (Å²) in [6.07, 6.45) is 6.12. The summed E-state index contributed by atoms with van der Waals surface area (Å²) in [6, 6.07) is 0.429. The molecule has 2 nitrogen and oxygen atoms in total. The fourth-order valence-corrected chi connectivity index (χ4v) is 2.12. The highest BCUT2D eigenvalue weighted by molar-refractivity contribution is 7.09. The van der Waals surface area contributed by atoms with Crippen LogP contribution < -0.4 is 5.32 Å². The second kappa shape index (κ2) is 4.20. The molecule has 0 saturated heterocycles. The van der Waals surface area contributed by atoms with E-state index in [4.69, 9.17) is 0 Å². The lowest BCUT2D eigenvalue weighted by molar-refractivity contribution is 0.538. The monoisotopic (exact) mass is 196 g/mol. The third-order valence-electron chi connectivity index (χ3n) is 2.52. The lowest BCUT2D eigenvalue weighted by atomic mass is 10.2. The van der Waals surface area contributed by atoms with Crippen molar-refractivity contribution in [1.82, 2.24) is 10.3 Å². The van der Waals surface area contributed by atoms with Crippen molar-refractivity contribution in [3.05, 3.63) is 16.6 Å². The first kappa shape index (κ1) is 9.16. The van der Waals surface area contributed by atoms with E-state index in [1.54, 1.807) is 11.3 Å². The van der Waals surface area contributed by atoms with Crippen LogP contribution >= 0.6 is 11.3 Å². The van der Waals surface area contributed by atoms with E-state index in [0.29, 0.717) is 6.04 Å². The molecule has 3 heteroatoms. The first-order valence-electron chi connectivity index (χ1n) is 4.99. The summed E-state index contributed by atoms with van der Waals surface area (Å²) >= 11 is 1.73. The third kappa shape index (κ3) is 2.78. The van der Waals surface area contributed by atoms with Gasteiger partial charge < -0.3 is 5.32 Å². The van der Waals surface area contributed by atoms with Gasteiger partial charge in [0.15, 0.2) is 0 Å². The molecule has 1 aliphatic rings. The maximum Gasteiger partial charge on any atom is 0.109 e. The first-order valence-corrected chi connectivity index (χ1v) is 5.87. The van der Waals surface area contributed by atoms with Crippen molar-refractivity contribution in [3.63, 3.8) is 0 Å². The fourth-order valence-electron chi connectivity index (χ4n) is 1.45. The SMILES string of the molecule is CC(NCCC1CC1)c1nccs1. The van der Waals surface area contributed by atoms with Gasteiger partial charge in [0.2, 0.25) is 0 Å². The lowest BCUT2D eigenvalue weighted by Gasteiger charge is -2.09. The molecule has 0 radical (unpaired) electrons. The highest BCUT2D eigenvalue weighted by Crippen LogP contribution is 2.31. The number of hydrogen-bond donors (Lipinski definition) is 1. The molecule has 13 heavy (non-hydrogen) atoms. The van der Waals surface area contributed by atoms with Gasteiger partial charge >= 0.3 is 0 Å². The van der Waals surface area contributed by atoms with Crippen molar-refractivity contribution in [1.29, 1.82) is 0 Å². The van der Waals surface area contributed by atoms with Gasteiger partial charge in [0.1, 0.15) is 5.01 Å². The molecule has 1 heterocycles. The lowest BCUT2D eigenvalue weighted by Crippen LogP contribution is -2.19. The van der Waals surface area contributed by atoms with Crippen LogP contribution in [0.4, 0.5) is 0 Å². The zero-order valence-electron chi connectivity index (χ0n) is 7.99. The van der Waals surface area contributed by atoms with E-state index in [1.165, 1.54) is 24.3 Å². The molecule has 1 unspecified atom stereocenters. The predicted molar refractivity (Wildman–Crippen MR) is 55.9 cm³/mol. The molecule has 1 saturated carbocycles. The summed E-state index contributed by atoms with van der Waals surface area (Å²) in [7, 11) is 0. The molecular weight excluding hydrogens is 180 g/mol. The van der Waals surface area contributed by atoms with Crippen LogP contribution in [0.25, 0.3) is 0 Å². The Bertz CT molecular complexity index is 241. The van der Waals surface area contributed by atoms with Crippen molar-refractivity contribution in [2.24, 2.45) is 5.92 Å². The predicted octanol–water partition coefficient (Wildman–Crippen LogP) is 2.59. The van der Waals surface area contributed by atoms with Crippen LogP contribution in [0, 0.1) is 5.92 Å². The average molecular weight is 196 g/mol. The Morgan fingerprint density at radius 2 is 2.54 bits per heavy atom. The van der Waals surface area contributed by atoms with Crippen molar-refractivity contribution in [3.8, 4) is 0 Å². The van der Waals surface area contributed by atoms with Crippen LogP contribution in [0.2, 0.25) is 0 Å². The zero-order chi connectivity index (χ0) is 9.10. The maximum absolute atomic E-state index is 4.29. The average Bonchev–Trinajstić information content (AvgIpc) is 2.80. The van der Waals surface area contributed by atoms with Crippen LogP contribution in [0.15, 0.2) is 11.6 Å². The van der Waals surface area contributed by atoms with Crippen LogP contribution in [0.1, 0.15) is 37.2 Å². The summed E-state index contributed by atoms with van der Waals surface area (Å²) in [4.78, 5) is 4.29. The topological polar surface area (TPSA) is 24.9 Å². The van der Waals surface area contributed by atoms with Crippen molar-refractivity contribution >= 4 is 11.3 Å². The number of rotatable bonds is 5. The van der Waals surface area contributed by atoms with Gasteiger partial charge in [-0.25, -0.2) is 4.98 Å². The number of nitrogens with zero attached hydrogens (tertiary/aromatic N) is 1. The van der Waals surface area contributed by atoms with E-state index in [9.17, 15) is 0 Å². The molecule has 72 valence electrons. The number of nitrogens with one attached hydrogen (secondary N) is 1. The zero-order valence-corrected chi connectivity index (χ0v) is 8.81. The van der Waals surface area contributed by atoms with Gasteiger partial charge in [0.25, 0.3) is 0 Å². The molecule has 2 rings (SSSR count). The summed E-state index contributed by atoms with van der Waals surface area (Å²) in [5.41, 5.74) is 0. The number of hydrogen-bond acceptors (Lipinski definition) is 3. The molecule has 0 aliphatic heterocycles. The van der Waals surface area contributed by atoms with Crippen molar-refractivity contribution < 1.29 is 0 Å². The van der Waals surface area contributed by atoms with Crippen LogP contribution in [0.3, 0.4) is 0 Å². The van der Waals surface area contributed by atoms with Gasteiger partial charge in [-0.2, -0.15) is 0 Å². The van der Waals surface area contributed by atoms with E-state index in [1.807, 2.05) is 11.6 Å². The molecular formula is C10H16N2S. The minimum absolute atomic E-state index is 0.429. The molecule has 0 spiro atoms. The first-order chi connectivity index (χ1) is 6.36. The van der Waals surface area contributed by atoms with Gasteiger partial charge in [0.05, 0.1) is 6.04 Å². The van der Waals surface area contributed by atoms with Gasteiger partial charge in [-0.3, -0.25) is 0 Å². The van der Waals surface area contributed by atoms with Gasteiger partial charge in [0, 0.05) is 11.6 Å². The molecule has 1 atom stereocenters. The van der Waals surface area contributed by atoms with E-state index in [-0.39, 0.29) is 0 Å². The van der Waals surface area contributed by atoms with Gasteiger partial charge in [-0.05, 0) is 25.8 Å². The molecule has 1 N–H and O–H groups in total. The molecule has 0 amide bonds. The largest absolute Gasteiger partial charge is 0.308 e. The maximum atomic E-state index is 4.29. The Balaban J connectivity index is 1.68. The van der Waals surface area contributed by atoms with E-state index in [2.05, 4.69) is 17.2 Å². The molecule has 1 fully saturated rings. The fraction of sp³-hybridized carbons (Fsp3) is 0.700. The second-order valence-corrected chi connectivity index (χ2v) is 4.70. The summed E-state index contributed by atoms with van der Waals surface area (Å²) in [5.74, 6) is 1.02. The van der Waals surface area contributed by atoms with Crippen LogP contribution in [-0.4, -0.2) is 11.5 Å². The Morgan fingerprint density at radius 1 is 1.69 bits per heavy atom. The quantitative estimate of drug-likeness (QED) is 0.783. The minimum Gasteiger partial charge on any atom is -0.308 e. The Labute approximate surface area is 83.4 Å². The summed E-state index contributed by atoms with van der Waals surface area (Å²) < 4.78 is 0. The smallest absolute Gasteiger partial charge is 0.109 e. The standard InChI is InChI=1S/C10H16N2S/c1-8(10-12-6-7-13-10)11-5-4-9-2-3-9/h6-9,11H,2-5H2,1H3. The third-order valence-corrected chi connectivity index (χ3v) is 3.48. The molecule has 1 aliphatic carbocycles.